The van der Waals surface area contributed by atoms with Crippen LogP contribution in [0.3, 0.4) is 0 Å². The van der Waals surface area contributed by atoms with E-state index < -0.39 is 0 Å². The molecule has 1 N–H and O–H groups in total. The normalized spacial score (nSPS) is 14.7. The molecule has 0 aromatic carbocycles. The van der Waals surface area contributed by atoms with Gasteiger partial charge in [-0.2, -0.15) is 0 Å². The van der Waals surface area contributed by atoms with Crippen molar-refractivity contribution < 1.29 is 0 Å². The van der Waals surface area contributed by atoms with Crippen molar-refractivity contribution in [3.8, 4) is 11.5 Å². The van der Waals surface area contributed by atoms with Crippen LogP contribution in [0.25, 0.3) is 11.5 Å². The molecule has 0 saturated heterocycles. The summed E-state index contributed by atoms with van der Waals surface area (Å²) < 4.78 is 0. The highest BCUT2D eigenvalue weighted by atomic mass is 15.0. The summed E-state index contributed by atoms with van der Waals surface area (Å²) in [6.07, 6.45) is 4.34. The van der Waals surface area contributed by atoms with E-state index in [-0.39, 0.29) is 0 Å². The van der Waals surface area contributed by atoms with Gasteiger partial charge in [-0.1, -0.05) is 6.07 Å². The van der Waals surface area contributed by atoms with Gasteiger partial charge >= 0.3 is 0 Å². The SMILES string of the molecule is Cc1cc(CNC2CC2)nc(-c2ccccn2)n1. The average molecular weight is 240 g/mol. The van der Waals surface area contributed by atoms with Crippen LogP contribution in [0.5, 0.6) is 0 Å². The van der Waals surface area contributed by atoms with Gasteiger partial charge in [-0.3, -0.25) is 4.98 Å². The monoisotopic (exact) mass is 240 g/mol. The third-order valence-corrected chi connectivity index (χ3v) is 2.95. The van der Waals surface area contributed by atoms with E-state index in [2.05, 4.69) is 20.3 Å². The smallest absolute Gasteiger partial charge is 0.178 e. The second-order valence-electron chi connectivity index (χ2n) is 4.69. The van der Waals surface area contributed by atoms with Crippen molar-refractivity contribution >= 4 is 0 Å². The molecule has 4 heteroatoms. The molecular formula is C14H16N4. The first-order valence-electron chi connectivity index (χ1n) is 6.30. The summed E-state index contributed by atoms with van der Waals surface area (Å²) in [5.74, 6) is 0.711. The van der Waals surface area contributed by atoms with Crippen molar-refractivity contribution in [1.82, 2.24) is 20.3 Å². The predicted octanol–water partition coefficient (Wildman–Crippen LogP) is 2.10. The summed E-state index contributed by atoms with van der Waals surface area (Å²) in [6.45, 7) is 2.81. The Bertz CT molecular complexity index is 535. The fourth-order valence-electron chi connectivity index (χ4n) is 1.87. The van der Waals surface area contributed by atoms with Gasteiger partial charge in [0.2, 0.25) is 0 Å². The number of pyridine rings is 1. The zero-order chi connectivity index (χ0) is 12.4. The molecule has 3 rings (SSSR count). The van der Waals surface area contributed by atoms with Crippen LogP contribution in [0.1, 0.15) is 24.2 Å². The summed E-state index contributed by atoms with van der Waals surface area (Å²) in [7, 11) is 0. The third kappa shape index (κ3) is 2.71. The number of nitrogens with zero attached hydrogens (tertiary/aromatic N) is 3. The molecule has 92 valence electrons. The highest BCUT2D eigenvalue weighted by Crippen LogP contribution is 2.19. The Hall–Kier alpha value is -1.81. The van der Waals surface area contributed by atoms with Gasteiger partial charge in [-0.15, -0.1) is 0 Å². The Morgan fingerprint density at radius 1 is 1.28 bits per heavy atom. The van der Waals surface area contributed by atoms with Crippen molar-refractivity contribution in [2.45, 2.75) is 32.4 Å². The maximum atomic E-state index is 4.57. The quantitative estimate of drug-likeness (QED) is 0.889. The Kier molecular flexibility index (Phi) is 3.02. The fraction of sp³-hybridized carbons (Fsp3) is 0.357. The largest absolute Gasteiger partial charge is 0.308 e. The van der Waals surface area contributed by atoms with Crippen LogP contribution in [-0.4, -0.2) is 21.0 Å². The number of rotatable bonds is 4. The summed E-state index contributed by atoms with van der Waals surface area (Å²) in [4.78, 5) is 13.3. The molecular weight excluding hydrogens is 224 g/mol. The van der Waals surface area contributed by atoms with Gasteiger partial charge in [-0.05, 0) is 38.0 Å². The van der Waals surface area contributed by atoms with Crippen molar-refractivity contribution in [3.05, 3.63) is 41.9 Å². The summed E-state index contributed by atoms with van der Waals surface area (Å²) >= 11 is 0. The highest BCUT2D eigenvalue weighted by Gasteiger charge is 2.20. The minimum Gasteiger partial charge on any atom is -0.308 e. The van der Waals surface area contributed by atoms with E-state index in [1.807, 2.05) is 31.2 Å². The zero-order valence-electron chi connectivity index (χ0n) is 10.4. The number of hydrogen-bond acceptors (Lipinski definition) is 4. The van der Waals surface area contributed by atoms with Gasteiger partial charge in [0.25, 0.3) is 0 Å². The standard InChI is InChI=1S/C14H16N4/c1-10-8-12(9-16-11-5-6-11)18-14(17-10)13-4-2-3-7-15-13/h2-4,7-8,11,16H,5-6,9H2,1H3. The lowest BCUT2D eigenvalue weighted by Crippen LogP contribution is -2.16. The Morgan fingerprint density at radius 3 is 2.89 bits per heavy atom. The van der Waals surface area contributed by atoms with Gasteiger partial charge in [-0.25, -0.2) is 9.97 Å². The van der Waals surface area contributed by atoms with E-state index in [0.29, 0.717) is 11.9 Å². The molecule has 2 aromatic rings. The van der Waals surface area contributed by atoms with Crippen LogP contribution in [0.2, 0.25) is 0 Å². The number of aromatic nitrogens is 3. The first kappa shape index (κ1) is 11.3. The molecule has 0 unspecified atom stereocenters. The lowest BCUT2D eigenvalue weighted by atomic mass is 10.3. The van der Waals surface area contributed by atoms with Crippen LogP contribution >= 0.6 is 0 Å². The minimum absolute atomic E-state index is 0.693. The molecule has 0 atom stereocenters. The van der Waals surface area contributed by atoms with Crippen LogP contribution in [0.15, 0.2) is 30.5 Å². The molecule has 18 heavy (non-hydrogen) atoms. The average Bonchev–Trinajstić information content (AvgIpc) is 3.21. The topological polar surface area (TPSA) is 50.7 Å². The molecule has 1 aliphatic carbocycles. The Balaban J connectivity index is 1.85. The summed E-state index contributed by atoms with van der Waals surface area (Å²) in [6, 6.07) is 8.51. The van der Waals surface area contributed by atoms with Crippen LogP contribution < -0.4 is 5.32 Å². The maximum Gasteiger partial charge on any atom is 0.178 e. The molecule has 4 nitrogen and oxygen atoms in total. The van der Waals surface area contributed by atoms with E-state index in [9.17, 15) is 0 Å². The summed E-state index contributed by atoms with van der Waals surface area (Å²) in [5.41, 5.74) is 2.85. The Morgan fingerprint density at radius 2 is 2.17 bits per heavy atom. The fourth-order valence-corrected chi connectivity index (χ4v) is 1.87. The van der Waals surface area contributed by atoms with Crippen molar-refractivity contribution in [2.75, 3.05) is 0 Å². The Labute approximate surface area is 107 Å². The third-order valence-electron chi connectivity index (χ3n) is 2.95. The zero-order valence-corrected chi connectivity index (χ0v) is 10.4. The highest BCUT2D eigenvalue weighted by molar-refractivity contribution is 5.48. The van der Waals surface area contributed by atoms with Crippen molar-refractivity contribution in [2.24, 2.45) is 0 Å². The second kappa shape index (κ2) is 4.82. The number of aryl methyl sites for hydroxylation is 1. The van der Waals surface area contributed by atoms with E-state index in [4.69, 9.17) is 0 Å². The lowest BCUT2D eigenvalue weighted by Gasteiger charge is -2.06. The van der Waals surface area contributed by atoms with Gasteiger partial charge in [0, 0.05) is 24.5 Å². The van der Waals surface area contributed by atoms with Gasteiger partial charge in [0.05, 0.1) is 5.69 Å². The van der Waals surface area contributed by atoms with Gasteiger partial charge < -0.3 is 5.32 Å². The van der Waals surface area contributed by atoms with E-state index in [1.165, 1.54) is 12.8 Å². The molecule has 1 saturated carbocycles. The second-order valence-corrected chi connectivity index (χ2v) is 4.69. The molecule has 1 fully saturated rings. The van der Waals surface area contributed by atoms with Crippen LogP contribution in [0.4, 0.5) is 0 Å². The summed E-state index contributed by atoms with van der Waals surface area (Å²) in [5, 5.41) is 3.47. The first-order valence-corrected chi connectivity index (χ1v) is 6.30. The van der Waals surface area contributed by atoms with E-state index in [1.54, 1.807) is 6.20 Å². The molecule has 2 aromatic heterocycles. The number of nitrogens with one attached hydrogen (secondary N) is 1. The molecule has 0 amide bonds. The molecule has 1 aliphatic rings. The van der Waals surface area contributed by atoms with E-state index >= 15 is 0 Å². The molecule has 2 heterocycles. The lowest BCUT2D eigenvalue weighted by molar-refractivity contribution is 0.672. The number of hydrogen-bond donors (Lipinski definition) is 1. The van der Waals surface area contributed by atoms with E-state index in [0.717, 1.165) is 23.6 Å². The van der Waals surface area contributed by atoms with Crippen LogP contribution in [-0.2, 0) is 6.54 Å². The maximum absolute atomic E-state index is 4.57. The molecule has 0 radical (unpaired) electrons. The van der Waals surface area contributed by atoms with Crippen molar-refractivity contribution in [3.63, 3.8) is 0 Å². The molecule has 0 spiro atoms. The van der Waals surface area contributed by atoms with Gasteiger partial charge in [0.1, 0.15) is 5.69 Å². The minimum atomic E-state index is 0.693. The molecule has 0 aliphatic heterocycles. The first-order chi connectivity index (χ1) is 8.81. The molecule has 0 bridgehead atoms. The van der Waals surface area contributed by atoms with Crippen LogP contribution in [0, 0.1) is 6.92 Å². The van der Waals surface area contributed by atoms with Gasteiger partial charge in [0.15, 0.2) is 5.82 Å². The van der Waals surface area contributed by atoms with Crippen molar-refractivity contribution in [1.29, 1.82) is 0 Å². The predicted molar refractivity (Wildman–Crippen MR) is 69.9 cm³/mol.